The maximum atomic E-state index is 12.1. The number of hydrogen-bond donors (Lipinski definition) is 0. The van der Waals surface area contributed by atoms with Crippen molar-refractivity contribution in [2.45, 2.75) is 84.5 Å². The van der Waals surface area contributed by atoms with Gasteiger partial charge in [-0.15, -0.1) is 0 Å². The molecule has 0 unspecified atom stereocenters. The molecule has 1 aliphatic heterocycles. The van der Waals surface area contributed by atoms with E-state index in [-0.39, 0.29) is 11.1 Å². The summed E-state index contributed by atoms with van der Waals surface area (Å²) < 4.78 is 11.6. The summed E-state index contributed by atoms with van der Waals surface area (Å²) in [5, 5.41) is 0.263. The molecule has 0 aliphatic carbocycles. The summed E-state index contributed by atoms with van der Waals surface area (Å²) >= 11 is 0. The second-order valence-corrected chi connectivity index (χ2v) is 14.0. The smallest absolute Gasteiger partial charge is 0.410 e. The van der Waals surface area contributed by atoms with E-state index in [1.807, 2.05) is 25.7 Å². The van der Waals surface area contributed by atoms with Crippen molar-refractivity contribution in [3.05, 3.63) is 11.6 Å². The second kappa shape index (κ2) is 8.04. The zero-order valence-electron chi connectivity index (χ0n) is 17.0. The quantitative estimate of drug-likeness (QED) is 0.387. The van der Waals surface area contributed by atoms with Crippen LogP contribution in [0.1, 0.15) is 60.8 Å². The highest BCUT2D eigenvalue weighted by molar-refractivity contribution is 6.74. The minimum atomic E-state index is -1.64. The molecule has 0 N–H and O–H groups in total. The molecule has 0 bridgehead atoms. The van der Waals surface area contributed by atoms with Gasteiger partial charge in [-0.3, -0.25) is 0 Å². The van der Waals surface area contributed by atoms with Crippen LogP contribution < -0.4 is 0 Å². The minimum Gasteiger partial charge on any atom is -0.444 e. The number of nitrogens with zero attached hydrogens (tertiary/aromatic N) is 1. The van der Waals surface area contributed by atoms with Gasteiger partial charge in [-0.2, -0.15) is 0 Å². The topological polar surface area (TPSA) is 38.8 Å². The molecule has 0 radical (unpaired) electrons. The average Bonchev–Trinajstić information content (AvgIpc) is 2.41. The van der Waals surface area contributed by atoms with Gasteiger partial charge in [0.15, 0.2) is 8.32 Å². The van der Waals surface area contributed by atoms with Crippen molar-refractivity contribution in [2.24, 2.45) is 0 Å². The summed E-state index contributed by atoms with van der Waals surface area (Å²) in [5.74, 6) is 0. The fourth-order valence-electron chi connectivity index (χ4n) is 2.30. The zero-order chi connectivity index (χ0) is 18.6. The van der Waals surface area contributed by atoms with Crippen LogP contribution in [0.2, 0.25) is 18.1 Å². The average molecular weight is 356 g/mol. The van der Waals surface area contributed by atoms with Crippen molar-refractivity contribution >= 4 is 14.4 Å². The molecular formula is C19H37NO3Si. The van der Waals surface area contributed by atoms with Gasteiger partial charge in [-0.05, 0) is 58.2 Å². The summed E-state index contributed by atoms with van der Waals surface area (Å²) in [6.45, 7) is 19.4. The van der Waals surface area contributed by atoms with E-state index in [0.29, 0.717) is 0 Å². The van der Waals surface area contributed by atoms with Crippen LogP contribution in [0.5, 0.6) is 0 Å². The Bertz CT molecular complexity index is 448. The fourth-order valence-corrected chi connectivity index (χ4v) is 3.36. The van der Waals surface area contributed by atoms with Crippen LogP contribution in [0.4, 0.5) is 4.79 Å². The molecule has 1 amide bonds. The Morgan fingerprint density at radius 3 is 2.12 bits per heavy atom. The number of ether oxygens (including phenoxy) is 1. The lowest BCUT2D eigenvalue weighted by atomic mass is 10.0. The number of piperidine rings is 1. The molecule has 4 nitrogen and oxygen atoms in total. The molecule has 1 fully saturated rings. The van der Waals surface area contributed by atoms with Gasteiger partial charge in [0.05, 0.1) is 0 Å². The first-order valence-electron chi connectivity index (χ1n) is 9.12. The highest BCUT2D eigenvalue weighted by Crippen LogP contribution is 2.36. The third kappa shape index (κ3) is 6.97. The second-order valence-electron chi connectivity index (χ2n) is 9.23. The number of carbonyl (C=O) groups excluding carboxylic acids is 1. The third-order valence-electron chi connectivity index (χ3n) is 4.88. The Balaban J connectivity index is 2.35. The van der Waals surface area contributed by atoms with Crippen molar-refractivity contribution in [1.82, 2.24) is 4.90 Å². The van der Waals surface area contributed by atoms with Gasteiger partial charge >= 0.3 is 6.09 Å². The molecular weight excluding hydrogens is 318 g/mol. The van der Waals surface area contributed by atoms with Crippen molar-refractivity contribution < 1.29 is 14.0 Å². The number of hydrogen-bond acceptors (Lipinski definition) is 3. The van der Waals surface area contributed by atoms with E-state index in [9.17, 15) is 4.79 Å². The Kier molecular flexibility index (Phi) is 7.12. The van der Waals surface area contributed by atoms with Gasteiger partial charge in [0, 0.05) is 19.7 Å². The van der Waals surface area contributed by atoms with E-state index in [2.05, 4.69) is 39.9 Å². The van der Waals surface area contributed by atoms with Crippen molar-refractivity contribution in [2.75, 3.05) is 19.7 Å². The lowest BCUT2D eigenvalue weighted by Crippen LogP contribution is -2.41. The minimum absolute atomic E-state index is 0.192. The summed E-state index contributed by atoms with van der Waals surface area (Å²) in [4.78, 5) is 13.9. The van der Waals surface area contributed by atoms with Gasteiger partial charge < -0.3 is 14.1 Å². The van der Waals surface area contributed by atoms with Crippen molar-refractivity contribution in [3.63, 3.8) is 0 Å². The standard InChI is InChI=1S/C19H37NO3Si/c1-18(2,3)23-17(21)20-13-11-16(12-14-20)10-9-15-22-24(7,8)19(4,5)6/h10H,9,11-15H2,1-8H3. The molecule has 1 rings (SSSR count). The van der Waals surface area contributed by atoms with E-state index in [1.165, 1.54) is 5.57 Å². The van der Waals surface area contributed by atoms with Crippen LogP contribution in [0.15, 0.2) is 11.6 Å². The number of amides is 1. The van der Waals surface area contributed by atoms with Gasteiger partial charge in [0.25, 0.3) is 0 Å². The van der Waals surface area contributed by atoms with Gasteiger partial charge in [0.2, 0.25) is 0 Å². The van der Waals surface area contributed by atoms with Crippen molar-refractivity contribution in [1.29, 1.82) is 0 Å². The predicted molar refractivity (Wildman–Crippen MR) is 103 cm³/mol. The Labute approximate surface area is 149 Å². The number of likely N-dealkylation sites (tertiary alicyclic amines) is 1. The fraction of sp³-hybridized carbons (Fsp3) is 0.842. The Morgan fingerprint density at radius 1 is 1.12 bits per heavy atom. The molecule has 1 saturated heterocycles. The van der Waals surface area contributed by atoms with Gasteiger partial charge in [-0.1, -0.05) is 32.4 Å². The lowest BCUT2D eigenvalue weighted by molar-refractivity contribution is 0.0236. The van der Waals surface area contributed by atoms with E-state index in [4.69, 9.17) is 9.16 Å². The SMILES string of the molecule is CC(C)(C)OC(=O)N1CCC(=CCCO[Si](C)(C)C(C)(C)C)CC1. The van der Waals surface area contributed by atoms with Crippen LogP contribution in [-0.4, -0.2) is 44.6 Å². The predicted octanol–water partition coefficient (Wildman–Crippen LogP) is 5.36. The number of rotatable bonds is 4. The summed E-state index contributed by atoms with van der Waals surface area (Å²) in [5.41, 5.74) is 1.02. The molecule has 5 heteroatoms. The normalized spacial score (nSPS) is 17.0. The molecule has 1 aliphatic rings. The van der Waals surface area contributed by atoms with E-state index < -0.39 is 13.9 Å². The third-order valence-corrected chi connectivity index (χ3v) is 9.42. The first-order chi connectivity index (χ1) is 10.8. The molecule has 0 aromatic rings. The number of carbonyl (C=O) groups is 1. The molecule has 140 valence electrons. The molecule has 0 spiro atoms. The van der Waals surface area contributed by atoms with E-state index in [0.717, 1.165) is 39.0 Å². The first-order valence-corrected chi connectivity index (χ1v) is 12.0. The maximum absolute atomic E-state index is 12.1. The lowest BCUT2D eigenvalue weighted by Gasteiger charge is -2.36. The van der Waals surface area contributed by atoms with Crippen LogP contribution >= 0.6 is 0 Å². The monoisotopic (exact) mass is 355 g/mol. The molecule has 0 aromatic heterocycles. The maximum Gasteiger partial charge on any atom is 0.410 e. The molecule has 0 atom stereocenters. The van der Waals surface area contributed by atoms with Crippen LogP contribution in [-0.2, 0) is 9.16 Å². The molecule has 0 saturated carbocycles. The molecule has 0 aromatic carbocycles. The van der Waals surface area contributed by atoms with Crippen LogP contribution in [0, 0.1) is 0 Å². The Hall–Kier alpha value is -0.813. The highest BCUT2D eigenvalue weighted by Gasteiger charge is 2.36. The van der Waals surface area contributed by atoms with Gasteiger partial charge in [0.1, 0.15) is 5.60 Å². The van der Waals surface area contributed by atoms with Crippen LogP contribution in [0.25, 0.3) is 0 Å². The zero-order valence-corrected chi connectivity index (χ0v) is 18.0. The van der Waals surface area contributed by atoms with Crippen molar-refractivity contribution in [3.8, 4) is 0 Å². The largest absolute Gasteiger partial charge is 0.444 e. The van der Waals surface area contributed by atoms with Gasteiger partial charge in [-0.25, -0.2) is 4.79 Å². The van der Waals surface area contributed by atoms with E-state index in [1.54, 1.807) is 0 Å². The van der Waals surface area contributed by atoms with E-state index >= 15 is 0 Å². The molecule has 1 heterocycles. The summed E-state index contributed by atoms with van der Waals surface area (Å²) in [7, 11) is -1.64. The summed E-state index contributed by atoms with van der Waals surface area (Å²) in [6, 6.07) is 0. The highest BCUT2D eigenvalue weighted by atomic mass is 28.4. The Morgan fingerprint density at radius 2 is 1.67 bits per heavy atom. The van der Waals surface area contributed by atoms with Crippen LogP contribution in [0.3, 0.4) is 0 Å². The first kappa shape index (κ1) is 21.2. The summed E-state index contributed by atoms with van der Waals surface area (Å²) in [6.07, 6.45) is 4.97. The molecule has 24 heavy (non-hydrogen) atoms.